The predicted molar refractivity (Wildman–Crippen MR) is 117 cm³/mol. The Labute approximate surface area is 177 Å². The Morgan fingerprint density at radius 1 is 1.07 bits per heavy atom. The molecule has 2 aromatic carbocycles. The molecule has 1 saturated heterocycles. The van der Waals surface area contributed by atoms with Gasteiger partial charge in [-0.2, -0.15) is 0 Å². The summed E-state index contributed by atoms with van der Waals surface area (Å²) >= 11 is 0. The number of nitrogens with one attached hydrogen (secondary N) is 1. The minimum Gasteiger partial charge on any atom is -0.490 e. The van der Waals surface area contributed by atoms with Crippen molar-refractivity contribution >= 4 is 23.2 Å². The van der Waals surface area contributed by atoms with Crippen molar-refractivity contribution in [1.82, 2.24) is 0 Å². The van der Waals surface area contributed by atoms with Gasteiger partial charge in [0.25, 0.3) is 0 Å². The summed E-state index contributed by atoms with van der Waals surface area (Å²) in [6.07, 6.45) is 3.09. The van der Waals surface area contributed by atoms with Crippen LogP contribution in [0.2, 0.25) is 0 Å². The molecule has 30 heavy (non-hydrogen) atoms. The van der Waals surface area contributed by atoms with Crippen molar-refractivity contribution in [2.45, 2.75) is 32.6 Å². The third kappa shape index (κ3) is 5.65. The highest BCUT2D eigenvalue weighted by atomic mass is 16.5. The van der Waals surface area contributed by atoms with Gasteiger partial charge in [-0.25, -0.2) is 0 Å². The number of benzene rings is 2. The number of primary amides is 1. The molecule has 1 aliphatic rings. The third-order valence-electron chi connectivity index (χ3n) is 4.96. The molecule has 3 N–H and O–H groups in total. The highest BCUT2D eigenvalue weighted by Gasteiger charge is 2.18. The number of hydrogen-bond donors (Lipinski definition) is 2. The fraction of sp³-hybridized carbons (Fsp3) is 0.391. The van der Waals surface area contributed by atoms with Crippen LogP contribution in [0.1, 0.15) is 43.0 Å². The maximum absolute atomic E-state index is 12.5. The average Bonchev–Trinajstić information content (AvgIpc) is 3.27. The Balaban J connectivity index is 1.56. The molecule has 0 unspecified atom stereocenters. The van der Waals surface area contributed by atoms with E-state index in [1.54, 1.807) is 12.1 Å². The summed E-state index contributed by atoms with van der Waals surface area (Å²) in [4.78, 5) is 26.3. The van der Waals surface area contributed by atoms with Gasteiger partial charge < -0.3 is 25.4 Å². The summed E-state index contributed by atoms with van der Waals surface area (Å²) < 4.78 is 11.3. The third-order valence-corrected chi connectivity index (χ3v) is 4.96. The number of carbonyl (C=O) groups is 2. The van der Waals surface area contributed by atoms with E-state index < -0.39 is 5.91 Å². The van der Waals surface area contributed by atoms with Crippen molar-refractivity contribution in [1.29, 1.82) is 0 Å². The monoisotopic (exact) mass is 411 g/mol. The lowest BCUT2D eigenvalue weighted by atomic mass is 10.1. The Hall–Kier alpha value is -3.22. The molecule has 2 aromatic rings. The first-order chi connectivity index (χ1) is 14.6. The maximum atomic E-state index is 12.5. The summed E-state index contributed by atoms with van der Waals surface area (Å²) in [6, 6.07) is 12.7. The molecular formula is C23H29N3O4. The fourth-order valence-corrected chi connectivity index (χ4v) is 3.49. The maximum Gasteiger partial charge on any atom is 0.248 e. The molecular weight excluding hydrogens is 382 g/mol. The standard InChI is InChI=1S/C23H29N3O4/c1-2-29-20-8-3-4-9-21(20)30-15-7-10-22(27)25-18-16-17(23(24)28)11-12-19(18)26-13-5-6-14-26/h3-4,8-9,11-12,16H,2,5-7,10,13-15H2,1H3,(H2,24,28)(H,25,27). The van der Waals surface area contributed by atoms with Crippen molar-refractivity contribution in [3.63, 3.8) is 0 Å². The van der Waals surface area contributed by atoms with E-state index in [1.807, 2.05) is 37.3 Å². The Bertz CT molecular complexity index is 879. The van der Waals surface area contributed by atoms with Gasteiger partial charge in [0.05, 0.1) is 24.6 Å². The molecule has 160 valence electrons. The molecule has 1 aliphatic heterocycles. The molecule has 2 amide bonds. The molecule has 7 nitrogen and oxygen atoms in total. The number of nitrogens with two attached hydrogens (primary N) is 1. The van der Waals surface area contributed by atoms with E-state index in [4.69, 9.17) is 15.2 Å². The van der Waals surface area contributed by atoms with Crippen LogP contribution in [-0.2, 0) is 4.79 Å². The van der Waals surface area contributed by atoms with Crippen molar-refractivity contribution < 1.29 is 19.1 Å². The second-order valence-corrected chi connectivity index (χ2v) is 7.17. The second kappa shape index (κ2) is 10.5. The van der Waals surface area contributed by atoms with Crippen molar-refractivity contribution in [3.05, 3.63) is 48.0 Å². The molecule has 1 heterocycles. The molecule has 0 atom stereocenters. The number of para-hydroxylation sites is 2. The topological polar surface area (TPSA) is 93.9 Å². The first kappa shape index (κ1) is 21.5. The highest BCUT2D eigenvalue weighted by Crippen LogP contribution is 2.30. The number of anilines is 2. The number of ether oxygens (including phenoxy) is 2. The normalized spacial score (nSPS) is 13.2. The van der Waals surface area contributed by atoms with Crippen LogP contribution in [0.3, 0.4) is 0 Å². The zero-order chi connectivity index (χ0) is 21.3. The number of hydrogen-bond acceptors (Lipinski definition) is 5. The van der Waals surface area contributed by atoms with E-state index in [0.717, 1.165) is 31.6 Å². The minimum absolute atomic E-state index is 0.126. The molecule has 1 fully saturated rings. The van der Waals surface area contributed by atoms with E-state index in [2.05, 4.69) is 10.2 Å². The van der Waals surface area contributed by atoms with Crippen LogP contribution in [-0.4, -0.2) is 38.1 Å². The lowest BCUT2D eigenvalue weighted by Gasteiger charge is -2.22. The fourth-order valence-electron chi connectivity index (χ4n) is 3.49. The van der Waals surface area contributed by atoms with E-state index in [0.29, 0.717) is 48.8 Å². The summed E-state index contributed by atoms with van der Waals surface area (Å²) in [5, 5.41) is 2.94. The van der Waals surface area contributed by atoms with Gasteiger partial charge >= 0.3 is 0 Å². The Morgan fingerprint density at radius 3 is 2.43 bits per heavy atom. The van der Waals surface area contributed by atoms with E-state index in [1.165, 1.54) is 0 Å². The van der Waals surface area contributed by atoms with E-state index in [-0.39, 0.29) is 5.91 Å². The van der Waals surface area contributed by atoms with Gasteiger partial charge in [-0.05, 0) is 56.5 Å². The van der Waals surface area contributed by atoms with Gasteiger partial charge in [0, 0.05) is 25.1 Å². The molecule has 0 bridgehead atoms. The van der Waals surface area contributed by atoms with Crippen LogP contribution in [0, 0.1) is 0 Å². The van der Waals surface area contributed by atoms with Crippen LogP contribution in [0.25, 0.3) is 0 Å². The van der Waals surface area contributed by atoms with Gasteiger partial charge in [0.1, 0.15) is 0 Å². The summed E-state index contributed by atoms with van der Waals surface area (Å²) in [5.41, 5.74) is 7.34. The first-order valence-corrected chi connectivity index (χ1v) is 10.4. The molecule has 0 saturated carbocycles. The Kier molecular flexibility index (Phi) is 7.54. The van der Waals surface area contributed by atoms with Crippen molar-refractivity contribution in [2.75, 3.05) is 36.5 Å². The van der Waals surface area contributed by atoms with Gasteiger partial charge in [-0.3, -0.25) is 9.59 Å². The van der Waals surface area contributed by atoms with E-state index >= 15 is 0 Å². The van der Waals surface area contributed by atoms with E-state index in [9.17, 15) is 9.59 Å². The SMILES string of the molecule is CCOc1ccccc1OCCCC(=O)Nc1cc(C(N)=O)ccc1N1CCCC1. The molecule has 0 aliphatic carbocycles. The lowest BCUT2D eigenvalue weighted by molar-refractivity contribution is -0.116. The molecule has 7 heteroatoms. The largest absolute Gasteiger partial charge is 0.490 e. The first-order valence-electron chi connectivity index (χ1n) is 10.4. The van der Waals surface area contributed by atoms with Crippen LogP contribution >= 0.6 is 0 Å². The van der Waals surface area contributed by atoms with Gasteiger partial charge in [-0.1, -0.05) is 12.1 Å². The van der Waals surface area contributed by atoms with Crippen molar-refractivity contribution in [3.8, 4) is 11.5 Å². The number of rotatable bonds is 10. The van der Waals surface area contributed by atoms with Gasteiger partial charge in [0.2, 0.25) is 11.8 Å². The highest BCUT2D eigenvalue weighted by molar-refractivity contribution is 5.99. The quantitative estimate of drug-likeness (QED) is 0.583. The lowest BCUT2D eigenvalue weighted by Crippen LogP contribution is -2.22. The average molecular weight is 412 g/mol. The second-order valence-electron chi connectivity index (χ2n) is 7.17. The number of amides is 2. The smallest absolute Gasteiger partial charge is 0.248 e. The van der Waals surface area contributed by atoms with Crippen LogP contribution in [0.5, 0.6) is 11.5 Å². The number of carbonyl (C=O) groups excluding carboxylic acids is 2. The van der Waals surface area contributed by atoms with Gasteiger partial charge in [-0.15, -0.1) is 0 Å². The zero-order valence-corrected chi connectivity index (χ0v) is 17.4. The molecule has 3 rings (SSSR count). The van der Waals surface area contributed by atoms with Crippen molar-refractivity contribution in [2.24, 2.45) is 5.73 Å². The predicted octanol–water partition coefficient (Wildman–Crippen LogP) is 3.58. The number of nitrogens with zero attached hydrogens (tertiary/aromatic N) is 1. The minimum atomic E-state index is -0.514. The molecule has 0 radical (unpaired) electrons. The van der Waals surface area contributed by atoms with Crippen LogP contribution in [0.4, 0.5) is 11.4 Å². The van der Waals surface area contributed by atoms with Crippen LogP contribution in [0.15, 0.2) is 42.5 Å². The zero-order valence-electron chi connectivity index (χ0n) is 17.4. The summed E-state index contributed by atoms with van der Waals surface area (Å²) in [6.45, 7) is 4.76. The summed E-state index contributed by atoms with van der Waals surface area (Å²) in [7, 11) is 0. The molecule has 0 spiro atoms. The molecule has 0 aromatic heterocycles. The Morgan fingerprint density at radius 2 is 1.77 bits per heavy atom. The van der Waals surface area contributed by atoms with Crippen LogP contribution < -0.4 is 25.4 Å². The van der Waals surface area contributed by atoms with Gasteiger partial charge in [0.15, 0.2) is 11.5 Å². The summed E-state index contributed by atoms with van der Waals surface area (Å²) in [5.74, 6) is 0.729.